The number of pyridine rings is 2. The van der Waals surface area contributed by atoms with Crippen molar-refractivity contribution in [3.8, 4) is 5.75 Å². The van der Waals surface area contributed by atoms with E-state index in [0.717, 1.165) is 87.5 Å². The van der Waals surface area contributed by atoms with Crippen molar-refractivity contribution >= 4 is 28.6 Å². The van der Waals surface area contributed by atoms with Crippen LogP contribution in [-0.4, -0.2) is 71.7 Å². The van der Waals surface area contributed by atoms with Gasteiger partial charge in [0.25, 0.3) is 5.91 Å². The van der Waals surface area contributed by atoms with Crippen molar-refractivity contribution in [3.05, 3.63) is 59.9 Å². The smallest absolute Gasteiger partial charge is 0.339 e. The van der Waals surface area contributed by atoms with Crippen LogP contribution < -0.4 is 15.4 Å². The second kappa shape index (κ2) is 10.8. The number of rotatable bonds is 7. The van der Waals surface area contributed by atoms with E-state index in [0.29, 0.717) is 24.3 Å². The number of ether oxygens (including phenoxy) is 2. The van der Waals surface area contributed by atoms with Crippen molar-refractivity contribution < 1.29 is 19.1 Å². The van der Waals surface area contributed by atoms with Gasteiger partial charge in [0.15, 0.2) is 17.2 Å². The van der Waals surface area contributed by atoms with E-state index in [2.05, 4.69) is 25.8 Å². The van der Waals surface area contributed by atoms with Crippen LogP contribution in [0.2, 0.25) is 0 Å². The molecule has 1 aromatic carbocycles. The van der Waals surface area contributed by atoms with Gasteiger partial charge in [-0.15, -0.1) is 0 Å². The molecule has 204 valence electrons. The van der Waals surface area contributed by atoms with Gasteiger partial charge < -0.3 is 20.1 Å². The van der Waals surface area contributed by atoms with Crippen LogP contribution >= 0.6 is 0 Å². The molecule has 9 nitrogen and oxygen atoms in total. The highest BCUT2D eigenvalue weighted by atomic mass is 16.6. The summed E-state index contributed by atoms with van der Waals surface area (Å²) in [6.45, 7) is 5.60. The van der Waals surface area contributed by atoms with E-state index in [-0.39, 0.29) is 0 Å². The summed E-state index contributed by atoms with van der Waals surface area (Å²) in [6.07, 6.45) is 8.18. The van der Waals surface area contributed by atoms with Crippen LogP contribution in [0.1, 0.15) is 48.0 Å². The summed E-state index contributed by atoms with van der Waals surface area (Å²) in [7, 11) is 0. The van der Waals surface area contributed by atoms with Crippen molar-refractivity contribution in [3.63, 3.8) is 0 Å². The molecule has 2 aliphatic heterocycles. The SMILES string of the molecule is NC(=O)C1(OC(=O)c2ccc3ncccc3c2)CCC(CCN2CCN(c3nccc4c3OCC4)CC2)CC1. The third-order valence-electron chi connectivity index (χ3n) is 8.60. The lowest BCUT2D eigenvalue weighted by Gasteiger charge is -2.39. The number of amides is 1. The van der Waals surface area contributed by atoms with Gasteiger partial charge in [-0.1, -0.05) is 6.07 Å². The number of piperazine rings is 1. The molecule has 0 unspecified atom stereocenters. The lowest BCUT2D eigenvalue weighted by Crippen LogP contribution is -2.50. The maximum Gasteiger partial charge on any atom is 0.339 e. The van der Waals surface area contributed by atoms with E-state index in [4.69, 9.17) is 15.2 Å². The lowest BCUT2D eigenvalue weighted by molar-refractivity contribution is -0.142. The molecule has 3 aromatic rings. The van der Waals surface area contributed by atoms with E-state index in [1.165, 1.54) is 5.56 Å². The summed E-state index contributed by atoms with van der Waals surface area (Å²) in [6, 6.07) is 11.0. The first-order chi connectivity index (χ1) is 19.0. The molecule has 1 saturated carbocycles. The van der Waals surface area contributed by atoms with E-state index >= 15 is 0 Å². The Kier molecular flexibility index (Phi) is 7.08. The number of carbonyl (C=O) groups excluding carboxylic acids is 2. The second-order valence-corrected chi connectivity index (χ2v) is 10.9. The summed E-state index contributed by atoms with van der Waals surface area (Å²) in [4.78, 5) is 39.2. The third-order valence-corrected chi connectivity index (χ3v) is 8.60. The van der Waals surface area contributed by atoms with Gasteiger partial charge in [0.05, 0.1) is 17.7 Å². The topological polar surface area (TPSA) is 111 Å². The number of nitrogens with two attached hydrogens (primary N) is 1. The summed E-state index contributed by atoms with van der Waals surface area (Å²) in [5.41, 5.74) is 7.01. The molecule has 9 heteroatoms. The first-order valence-electron chi connectivity index (χ1n) is 14.0. The van der Waals surface area contributed by atoms with Gasteiger partial charge >= 0.3 is 5.97 Å². The number of nitrogens with zero attached hydrogens (tertiary/aromatic N) is 4. The van der Waals surface area contributed by atoms with Crippen LogP contribution in [-0.2, 0) is 16.0 Å². The molecule has 1 aliphatic carbocycles. The number of hydrogen-bond acceptors (Lipinski definition) is 8. The number of carbonyl (C=O) groups is 2. The Hall–Kier alpha value is -3.72. The van der Waals surface area contributed by atoms with Crippen molar-refractivity contribution in [1.29, 1.82) is 0 Å². The van der Waals surface area contributed by atoms with Gasteiger partial charge in [-0.05, 0) is 74.9 Å². The molecule has 4 heterocycles. The van der Waals surface area contributed by atoms with Gasteiger partial charge in [-0.3, -0.25) is 14.7 Å². The van der Waals surface area contributed by atoms with Crippen LogP contribution in [0.4, 0.5) is 5.82 Å². The molecule has 2 N–H and O–H groups in total. The molecule has 6 rings (SSSR count). The Morgan fingerprint density at radius 1 is 1.05 bits per heavy atom. The van der Waals surface area contributed by atoms with Crippen molar-refractivity contribution in [1.82, 2.24) is 14.9 Å². The second-order valence-electron chi connectivity index (χ2n) is 10.9. The van der Waals surface area contributed by atoms with Gasteiger partial charge in [-0.2, -0.15) is 0 Å². The highest BCUT2D eigenvalue weighted by molar-refractivity contribution is 5.96. The molecule has 2 fully saturated rings. The van der Waals surface area contributed by atoms with Gasteiger partial charge in [0.1, 0.15) is 0 Å². The van der Waals surface area contributed by atoms with Crippen LogP contribution in [0, 0.1) is 5.92 Å². The number of aromatic nitrogens is 2. The molecule has 1 saturated heterocycles. The predicted molar refractivity (Wildman–Crippen MR) is 148 cm³/mol. The Balaban J connectivity index is 0.996. The lowest BCUT2D eigenvalue weighted by atomic mass is 9.77. The summed E-state index contributed by atoms with van der Waals surface area (Å²) >= 11 is 0. The molecular weight excluding hydrogens is 494 g/mol. The first-order valence-corrected chi connectivity index (χ1v) is 14.0. The molecule has 3 aliphatic rings. The van der Waals surface area contributed by atoms with Crippen LogP contribution in [0.15, 0.2) is 48.8 Å². The fourth-order valence-electron chi connectivity index (χ4n) is 6.14. The Morgan fingerprint density at radius 3 is 2.67 bits per heavy atom. The highest BCUT2D eigenvalue weighted by Gasteiger charge is 2.44. The first kappa shape index (κ1) is 25.6. The third kappa shape index (κ3) is 5.28. The minimum absolute atomic E-state index is 0.402. The average molecular weight is 530 g/mol. The number of fused-ring (bicyclic) bond motifs is 2. The van der Waals surface area contributed by atoms with Gasteiger partial charge in [0, 0.05) is 55.9 Å². The minimum atomic E-state index is -1.24. The fourth-order valence-corrected chi connectivity index (χ4v) is 6.14. The van der Waals surface area contributed by atoms with Crippen molar-refractivity contribution in [2.24, 2.45) is 11.7 Å². The van der Waals surface area contributed by atoms with E-state index in [9.17, 15) is 9.59 Å². The van der Waals surface area contributed by atoms with Crippen LogP contribution in [0.25, 0.3) is 10.9 Å². The molecule has 2 aromatic heterocycles. The summed E-state index contributed by atoms with van der Waals surface area (Å²) in [5.74, 6) is 1.35. The van der Waals surface area contributed by atoms with E-state index in [1.807, 2.05) is 18.3 Å². The normalized spacial score (nSPS) is 23.3. The predicted octanol–water partition coefficient (Wildman–Crippen LogP) is 3.35. The Bertz CT molecular complexity index is 1360. The fraction of sp³-hybridized carbons (Fsp3) is 0.467. The molecule has 0 bridgehead atoms. The van der Waals surface area contributed by atoms with Crippen LogP contribution in [0.5, 0.6) is 5.75 Å². The zero-order valence-corrected chi connectivity index (χ0v) is 22.2. The Morgan fingerprint density at radius 2 is 1.87 bits per heavy atom. The quantitative estimate of drug-likeness (QED) is 0.464. The monoisotopic (exact) mass is 529 g/mol. The summed E-state index contributed by atoms with van der Waals surface area (Å²) < 4.78 is 11.7. The Labute approximate surface area is 228 Å². The molecule has 0 atom stereocenters. The maximum absolute atomic E-state index is 13.0. The van der Waals surface area contributed by atoms with E-state index < -0.39 is 17.5 Å². The van der Waals surface area contributed by atoms with Gasteiger partial charge in [-0.25, -0.2) is 9.78 Å². The highest BCUT2D eigenvalue weighted by Crippen LogP contribution is 2.38. The average Bonchev–Trinajstić information content (AvgIpc) is 3.46. The number of anilines is 1. The number of esters is 1. The number of benzene rings is 1. The minimum Gasteiger partial charge on any atom is -0.489 e. The van der Waals surface area contributed by atoms with E-state index in [1.54, 1.807) is 24.4 Å². The molecule has 0 radical (unpaired) electrons. The molecule has 39 heavy (non-hydrogen) atoms. The standard InChI is InChI=1S/C30H35N5O4/c31-29(37)30(39-28(36)24-3-4-25-23(20-24)2-1-12-32-25)10-5-21(6-11-30)8-14-34-15-17-35(18-16-34)27-26-22(7-13-33-27)9-19-38-26/h1-4,7,12-13,20-21H,5-6,8-11,14-19H2,(H2,31,37). The van der Waals surface area contributed by atoms with Crippen molar-refractivity contribution in [2.75, 3.05) is 44.2 Å². The number of primary amides is 1. The number of hydrogen-bond donors (Lipinski definition) is 1. The maximum atomic E-state index is 13.0. The van der Waals surface area contributed by atoms with Crippen molar-refractivity contribution in [2.45, 2.75) is 44.1 Å². The largest absolute Gasteiger partial charge is 0.489 e. The molecule has 1 amide bonds. The molecule has 0 spiro atoms. The zero-order chi connectivity index (χ0) is 26.8. The zero-order valence-electron chi connectivity index (χ0n) is 22.2. The summed E-state index contributed by atoms with van der Waals surface area (Å²) in [5, 5.41) is 0.849. The molecular formula is C30H35N5O4. The van der Waals surface area contributed by atoms with Crippen LogP contribution in [0.3, 0.4) is 0 Å². The van der Waals surface area contributed by atoms with Gasteiger partial charge in [0.2, 0.25) is 0 Å².